The Hall–Kier alpha value is -3.75. The van der Waals surface area contributed by atoms with Crippen molar-refractivity contribution in [2.45, 2.75) is 40.0 Å². The number of para-hydroxylation sites is 1. The number of nitro groups is 1. The van der Waals surface area contributed by atoms with Crippen LogP contribution in [0.2, 0.25) is 5.02 Å². The van der Waals surface area contributed by atoms with Gasteiger partial charge in [0, 0.05) is 28.3 Å². The van der Waals surface area contributed by atoms with Crippen LogP contribution >= 0.6 is 22.9 Å². The molecule has 0 bridgehead atoms. The van der Waals surface area contributed by atoms with Crippen molar-refractivity contribution in [3.05, 3.63) is 97.6 Å². The quantitative estimate of drug-likeness (QED) is 0.144. The van der Waals surface area contributed by atoms with Crippen LogP contribution in [0.1, 0.15) is 53.8 Å². The Morgan fingerprint density at radius 2 is 1.95 bits per heavy atom. The van der Waals surface area contributed by atoms with Gasteiger partial charge in [-0.3, -0.25) is 14.9 Å². The summed E-state index contributed by atoms with van der Waals surface area (Å²) in [6.45, 7) is 6.79. The number of rotatable bonds is 6. The molecule has 2 heterocycles. The second kappa shape index (κ2) is 10.8. The number of non-ortho nitro benzene ring substituents is 1. The zero-order valence-corrected chi connectivity index (χ0v) is 23.4. The van der Waals surface area contributed by atoms with Gasteiger partial charge >= 0.3 is 0 Å². The number of hydrogen-bond acceptors (Lipinski definition) is 6. The number of nitrogens with one attached hydrogen (secondary N) is 1. The van der Waals surface area contributed by atoms with Gasteiger partial charge in [-0.25, -0.2) is 4.99 Å². The number of furan rings is 1. The van der Waals surface area contributed by atoms with E-state index in [-0.39, 0.29) is 17.0 Å². The molecule has 39 heavy (non-hydrogen) atoms. The number of hydrogen-bond donors (Lipinski definition) is 1. The number of carbonyl (C=O) groups is 1. The number of anilines is 1. The summed E-state index contributed by atoms with van der Waals surface area (Å²) in [4.78, 5) is 30.1. The number of nitrogens with zero attached hydrogens (tertiary/aromatic N) is 2. The van der Waals surface area contributed by atoms with Gasteiger partial charge in [-0.15, -0.1) is 11.3 Å². The minimum Gasteiger partial charge on any atom is -0.455 e. The van der Waals surface area contributed by atoms with Gasteiger partial charge in [0.05, 0.1) is 21.7 Å². The number of thiophene rings is 1. The molecule has 0 aliphatic heterocycles. The first kappa shape index (κ1) is 26.8. The minimum atomic E-state index is -0.476. The van der Waals surface area contributed by atoms with Crippen molar-refractivity contribution < 1.29 is 14.1 Å². The predicted molar refractivity (Wildman–Crippen MR) is 157 cm³/mol. The second-order valence-electron chi connectivity index (χ2n) is 10.7. The highest BCUT2D eigenvalue weighted by molar-refractivity contribution is 7.16. The average Bonchev–Trinajstić information content (AvgIpc) is 3.51. The standard InChI is InChI=1S/C30H28ClN3O4S/c1-30(2,3)18-9-12-22-26(15-18)39-29(27(22)28(35)33-19-7-5-4-6-8-19)32-17-21-11-14-25(38-21)23-16-20(34(36)37)10-13-24(23)31/h4-8,10-11,13-14,16-18H,9,12,15H2,1-3H3,(H,33,35)/t18-/m1/s1. The van der Waals surface area contributed by atoms with Crippen molar-refractivity contribution in [2.24, 2.45) is 16.3 Å². The molecule has 2 aromatic carbocycles. The lowest BCUT2D eigenvalue weighted by Gasteiger charge is -2.33. The smallest absolute Gasteiger partial charge is 0.270 e. The highest BCUT2D eigenvalue weighted by atomic mass is 35.5. The molecule has 9 heteroatoms. The molecule has 0 unspecified atom stereocenters. The van der Waals surface area contributed by atoms with E-state index in [9.17, 15) is 14.9 Å². The third-order valence-electron chi connectivity index (χ3n) is 7.09. The molecule has 1 N–H and O–H groups in total. The number of halogens is 1. The van der Waals surface area contributed by atoms with Crippen LogP contribution in [0.25, 0.3) is 11.3 Å². The van der Waals surface area contributed by atoms with Crippen molar-refractivity contribution in [3.63, 3.8) is 0 Å². The van der Waals surface area contributed by atoms with Crippen LogP contribution in [0.4, 0.5) is 16.4 Å². The first-order valence-corrected chi connectivity index (χ1v) is 13.9. The molecule has 1 amide bonds. The van der Waals surface area contributed by atoms with E-state index in [2.05, 4.69) is 26.1 Å². The van der Waals surface area contributed by atoms with Crippen molar-refractivity contribution in [3.8, 4) is 11.3 Å². The Morgan fingerprint density at radius 1 is 1.18 bits per heavy atom. The third-order valence-corrected chi connectivity index (χ3v) is 8.58. The molecule has 1 aliphatic carbocycles. The van der Waals surface area contributed by atoms with Gasteiger partial charge in [-0.05, 0) is 66.5 Å². The Kier molecular flexibility index (Phi) is 7.42. The lowest BCUT2D eigenvalue weighted by Crippen LogP contribution is -2.27. The molecule has 1 aliphatic rings. The highest BCUT2D eigenvalue weighted by Crippen LogP contribution is 2.45. The van der Waals surface area contributed by atoms with Crippen LogP contribution < -0.4 is 5.32 Å². The number of fused-ring (bicyclic) bond motifs is 1. The maximum absolute atomic E-state index is 13.5. The molecule has 0 fully saturated rings. The van der Waals surface area contributed by atoms with E-state index in [4.69, 9.17) is 21.0 Å². The normalized spacial score (nSPS) is 15.3. The van der Waals surface area contributed by atoms with Gasteiger partial charge in [0.15, 0.2) is 0 Å². The average molecular weight is 562 g/mol. The lowest BCUT2D eigenvalue weighted by molar-refractivity contribution is -0.384. The molecular formula is C30H28ClN3O4S. The summed E-state index contributed by atoms with van der Waals surface area (Å²) >= 11 is 7.84. The Labute approximate surface area is 235 Å². The van der Waals surface area contributed by atoms with Crippen LogP contribution in [0, 0.1) is 21.4 Å². The summed E-state index contributed by atoms with van der Waals surface area (Å²) in [6, 6.07) is 17.0. The van der Waals surface area contributed by atoms with Crippen LogP contribution in [-0.2, 0) is 12.8 Å². The van der Waals surface area contributed by atoms with Gasteiger partial charge < -0.3 is 9.73 Å². The van der Waals surface area contributed by atoms with E-state index in [0.29, 0.717) is 38.6 Å². The summed E-state index contributed by atoms with van der Waals surface area (Å²) in [7, 11) is 0. The van der Waals surface area contributed by atoms with E-state index in [1.54, 1.807) is 29.7 Å². The molecule has 5 rings (SSSR count). The first-order chi connectivity index (χ1) is 18.6. The summed E-state index contributed by atoms with van der Waals surface area (Å²) in [6.07, 6.45) is 4.35. The van der Waals surface area contributed by atoms with E-state index in [1.165, 1.54) is 23.1 Å². The molecular weight excluding hydrogens is 534 g/mol. The molecule has 200 valence electrons. The van der Waals surface area contributed by atoms with E-state index < -0.39 is 4.92 Å². The summed E-state index contributed by atoms with van der Waals surface area (Å²) in [5.74, 6) is 1.19. The minimum absolute atomic E-state index is 0.0761. The summed E-state index contributed by atoms with van der Waals surface area (Å²) in [5, 5.41) is 15.2. The molecule has 7 nitrogen and oxygen atoms in total. The van der Waals surface area contributed by atoms with Gasteiger partial charge in [0.2, 0.25) is 0 Å². The second-order valence-corrected chi connectivity index (χ2v) is 12.2. The molecule has 0 radical (unpaired) electrons. The molecule has 4 aromatic rings. The molecule has 0 spiro atoms. The SMILES string of the molecule is CC(C)(C)[C@@H]1CCc2c(sc(N=Cc3ccc(-c4cc([N+](=O)[O-])ccc4Cl)o3)c2C(=O)Nc2ccccc2)C1. The molecule has 0 saturated carbocycles. The molecule has 2 aromatic heterocycles. The zero-order chi connectivity index (χ0) is 27.7. The highest BCUT2D eigenvalue weighted by Gasteiger charge is 2.33. The summed E-state index contributed by atoms with van der Waals surface area (Å²) < 4.78 is 5.91. The number of benzene rings is 2. The lowest BCUT2D eigenvalue weighted by atomic mass is 9.72. The topological polar surface area (TPSA) is 97.7 Å². The Bertz CT molecular complexity index is 1570. The third kappa shape index (κ3) is 5.82. The fourth-order valence-corrected chi connectivity index (χ4v) is 6.34. The number of nitro benzene ring substituents is 1. The fourth-order valence-electron chi connectivity index (χ4n) is 4.86. The van der Waals surface area contributed by atoms with Crippen LogP contribution in [0.5, 0.6) is 0 Å². The van der Waals surface area contributed by atoms with Crippen molar-refractivity contribution in [1.29, 1.82) is 0 Å². The van der Waals surface area contributed by atoms with Gasteiger partial charge in [0.25, 0.3) is 11.6 Å². The van der Waals surface area contributed by atoms with Crippen molar-refractivity contribution >= 4 is 51.4 Å². The van der Waals surface area contributed by atoms with Crippen LogP contribution in [-0.4, -0.2) is 17.0 Å². The number of amides is 1. The van der Waals surface area contributed by atoms with Gasteiger partial charge in [0.1, 0.15) is 16.5 Å². The molecule has 1 atom stereocenters. The van der Waals surface area contributed by atoms with Crippen molar-refractivity contribution in [2.75, 3.05) is 5.32 Å². The zero-order valence-electron chi connectivity index (χ0n) is 21.9. The first-order valence-electron chi connectivity index (χ1n) is 12.7. The molecule has 0 saturated heterocycles. The van der Waals surface area contributed by atoms with Gasteiger partial charge in [-0.1, -0.05) is 50.6 Å². The van der Waals surface area contributed by atoms with Crippen molar-refractivity contribution in [1.82, 2.24) is 0 Å². The Balaban J connectivity index is 1.47. The number of aliphatic imine (C=N–C) groups is 1. The van der Waals surface area contributed by atoms with Crippen LogP contribution in [0.15, 0.2) is 70.1 Å². The summed E-state index contributed by atoms with van der Waals surface area (Å²) in [5.41, 5.74) is 2.93. The largest absolute Gasteiger partial charge is 0.455 e. The maximum atomic E-state index is 13.5. The predicted octanol–water partition coefficient (Wildman–Crippen LogP) is 8.72. The monoisotopic (exact) mass is 561 g/mol. The van der Waals surface area contributed by atoms with Gasteiger partial charge in [-0.2, -0.15) is 0 Å². The maximum Gasteiger partial charge on any atom is 0.270 e. The fraction of sp³-hybridized carbons (Fsp3) is 0.267. The van der Waals surface area contributed by atoms with E-state index in [1.807, 2.05) is 30.3 Å². The number of carbonyl (C=O) groups excluding carboxylic acids is 1. The van der Waals surface area contributed by atoms with E-state index in [0.717, 1.165) is 30.5 Å². The van der Waals surface area contributed by atoms with Crippen LogP contribution in [0.3, 0.4) is 0 Å². The van der Waals surface area contributed by atoms with E-state index >= 15 is 0 Å². The Morgan fingerprint density at radius 3 is 2.67 bits per heavy atom.